The van der Waals surface area contributed by atoms with E-state index in [-0.39, 0.29) is 0 Å². The SMILES string of the molecule is CC1COCCN1Cc1ccc(B(O)O)cc1. The summed E-state index contributed by atoms with van der Waals surface area (Å²) in [5, 5.41) is 18.0. The predicted molar refractivity (Wildman–Crippen MR) is 67.0 cm³/mol. The van der Waals surface area contributed by atoms with Gasteiger partial charge in [-0.2, -0.15) is 0 Å². The minimum Gasteiger partial charge on any atom is -0.423 e. The Hall–Kier alpha value is -0.875. The smallest absolute Gasteiger partial charge is 0.423 e. The molecule has 4 nitrogen and oxygen atoms in total. The topological polar surface area (TPSA) is 52.9 Å². The second-order valence-corrected chi connectivity index (χ2v) is 4.51. The number of nitrogens with zero attached hydrogens (tertiary/aromatic N) is 1. The van der Waals surface area contributed by atoms with Crippen LogP contribution in [0.1, 0.15) is 12.5 Å². The molecule has 0 bridgehead atoms. The number of rotatable bonds is 3. The lowest BCUT2D eigenvalue weighted by molar-refractivity contribution is -0.00436. The number of morpholine rings is 1. The first-order valence-corrected chi connectivity index (χ1v) is 5.93. The molecule has 92 valence electrons. The average Bonchev–Trinajstić information content (AvgIpc) is 2.33. The van der Waals surface area contributed by atoms with Crippen molar-refractivity contribution in [1.29, 1.82) is 0 Å². The van der Waals surface area contributed by atoms with E-state index in [2.05, 4.69) is 11.8 Å². The zero-order valence-electron chi connectivity index (χ0n) is 10.0. The van der Waals surface area contributed by atoms with Gasteiger partial charge in [-0.15, -0.1) is 0 Å². The van der Waals surface area contributed by atoms with Crippen LogP contribution in [0, 0.1) is 0 Å². The molecule has 2 N–H and O–H groups in total. The zero-order valence-corrected chi connectivity index (χ0v) is 10.0. The van der Waals surface area contributed by atoms with E-state index in [4.69, 9.17) is 14.8 Å². The molecular formula is C12H18BNO3. The molecule has 2 rings (SSSR count). The summed E-state index contributed by atoms with van der Waals surface area (Å²) in [6.07, 6.45) is 0. The summed E-state index contributed by atoms with van der Waals surface area (Å²) >= 11 is 0. The standard InChI is InChI=1S/C12H18BNO3/c1-10-9-17-7-6-14(10)8-11-2-4-12(5-3-11)13(15)16/h2-5,10,15-16H,6-9H2,1H3. The molecule has 0 amide bonds. The lowest BCUT2D eigenvalue weighted by Crippen LogP contribution is -2.43. The van der Waals surface area contributed by atoms with Crippen molar-refractivity contribution >= 4 is 12.6 Å². The van der Waals surface area contributed by atoms with Crippen molar-refractivity contribution in [3.63, 3.8) is 0 Å². The third-order valence-corrected chi connectivity index (χ3v) is 3.17. The van der Waals surface area contributed by atoms with E-state index in [1.54, 1.807) is 12.1 Å². The summed E-state index contributed by atoms with van der Waals surface area (Å²) in [6.45, 7) is 5.56. The Kier molecular flexibility index (Phi) is 4.18. The van der Waals surface area contributed by atoms with Gasteiger partial charge in [0, 0.05) is 19.1 Å². The van der Waals surface area contributed by atoms with Crippen molar-refractivity contribution in [1.82, 2.24) is 4.90 Å². The maximum absolute atomic E-state index is 9.01. The van der Waals surface area contributed by atoms with Crippen LogP contribution in [-0.2, 0) is 11.3 Å². The quantitative estimate of drug-likeness (QED) is 0.699. The first-order chi connectivity index (χ1) is 8.16. The van der Waals surface area contributed by atoms with Gasteiger partial charge in [0.05, 0.1) is 13.2 Å². The number of hydrogen-bond acceptors (Lipinski definition) is 4. The van der Waals surface area contributed by atoms with Crippen LogP contribution in [0.4, 0.5) is 0 Å². The molecule has 0 spiro atoms. The van der Waals surface area contributed by atoms with Crippen LogP contribution in [0.3, 0.4) is 0 Å². The molecule has 1 atom stereocenters. The molecule has 0 aliphatic carbocycles. The van der Waals surface area contributed by atoms with Crippen molar-refractivity contribution in [3.8, 4) is 0 Å². The lowest BCUT2D eigenvalue weighted by atomic mass is 9.80. The van der Waals surface area contributed by atoms with Gasteiger partial charge in [0.25, 0.3) is 0 Å². The highest BCUT2D eigenvalue weighted by Crippen LogP contribution is 2.11. The van der Waals surface area contributed by atoms with E-state index in [0.717, 1.165) is 26.3 Å². The summed E-state index contributed by atoms with van der Waals surface area (Å²) in [6, 6.07) is 7.83. The Morgan fingerprint density at radius 2 is 2.06 bits per heavy atom. The molecule has 1 heterocycles. The molecule has 1 aliphatic heterocycles. The van der Waals surface area contributed by atoms with Crippen LogP contribution >= 0.6 is 0 Å². The van der Waals surface area contributed by atoms with Crippen LogP contribution in [0.25, 0.3) is 0 Å². The van der Waals surface area contributed by atoms with E-state index in [0.29, 0.717) is 11.5 Å². The summed E-state index contributed by atoms with van der Waals surface area (Å²) in [4.78, 5) is 2.37. The first kappa shape index (κ1) is 12.6. The van der Waals surface area contributed by atoms with Gasteiger partial charge >= 0.3 is 7.12 Å². The van der Waals surface area contributed by atoms with E-state index >= 15 is 0 Å². The fourth-order valence-electron chi connectivity index (χ4n) is 2.03. The van der Waals surface area contributed by atoms with Gasteiger partial charge in [-0.1, -0.05) is 24.3 Å². The van der Waals surface area contributed by atoms with Crippen molar-refractivity contribution < 1.29 is 14.8 Å². The maximum Gasteiger partial charge on any atom is 0.488 e. The Morgan fingerprint density at radius 3 is 2.65 bits per heavy atom. The first-order valence-electron chi connectivity index (χ1n) is 5.93. The van der Waals surface area contributed by atoms with Gasteiger partial charge in [0.15, 0.2) is 0 Å². The minimum absolute atomic E-state index is 0.437. The zero-order chi connectivity index (χ0) is 12.3. The Balaban J connectivity index is 1.98. The maximum atomic E-state index is 9.01. The second-order valence-electron chi connectivity index (χ2n) is 4.51. The largest absolute Gasteiger partial charge is 0.488 e. The molecule has 5 heteroatoms. The van der Waals surface area contributed by atoms with Crippen molar-refractivity contribution in [2.75, 3.05) is 19.8 Å². The molecule has 0 aromatic heterocycles. The summed E-state index contributed by atoms with van der Waals surface area (Å²) in [5.41, 5.74) is 1.71. The molecule has 0 saturated carbocycles. The van der Waals surface area contributed by atoms with Crippen LogP contribution in [0.2, 0.25) is 0 Å². The fourth-order valence-corrected chi connectivity index (χ4v) is 2.03. The highest BCUT2D eigenvalue weighted by atomic mass is 16.5. The van der Waals surface area contributed by atoms with Crippen LogP contribution < -0.4 is 5.46 Å². The van der Waals surface area contributed by atoms with Gasteiger partial charge in [-0.05, 0) is 17.9 Å². The van der Waals surface area contributed by atoms with Crippen molar-refractivity contribution in [3.05, 3.63) is 29.8 Å². The van der Waals surface area contributed by atoms with Gasteiger partial charge in [-0.25, -0.2) is 0 Å². The molecule has 1 unspecified atom stereocenters. The lowest BCUT2D eigenvalue weighted by Gasteiger charge is -2.33. The van der Waals surface area contributed by atoms with E-state index in [1.807, 2.05) is 12.1 Å². The van der Waals surface area contributed by atoms with Gasteiger partial charge in [-0.3, -0.25) is 4.90 Å². The van der Waals surface area contributed by atoms with E-state index < -0.39 is 7.12 Å². The molecule has 0 radical (unpaired) electrons. The van der Waals surface area contributed by atoms with E-state index in [1.165, 1.54) is 5.56 Å². The van der Waals surface area contributed by atoms with Gasteiger partial charge in [0.2, 0.25) is 0 Å². The Labute approximate surface area is 102 Å². The molecule has 1 aromatic carbocycles. The Morgan fingerprint density at radius 1 is 1.35 bits per heavy atom. The number of ether oxygens (including phenoxy) is 1. The molecule has 1 aliphatic rings. The summed E-state index contributed by atoms with van der Waals surface area (Å²) < 4.78 is 5.39. The molecule has 1 aromatic rings. The summed E-state index contributed by atoms with van der Waals surface area (Å²) in [7, 11) is -1.38. The molecular weight excluding hydrogens is 217 g/mol. The minimum atomic E-state index is -1.38. The number of hydrogen-bond donors (Lipinski definition) is 2. The third-order valence-electron chi connectivity index (χ3n) is 3.17. The molecule has 17 heavy (non-hydrogen) atoms. The van der Waals surface area contributed by atoms with Crippen LogP contribution in [0.5, 0.6) is 0 Å². The third kappa shape index (κ3) is 3.29. The fraction of sp³-hybridized carbons (Fsp3) is 0.500. The van der Waals surface area contributed by atoms with Crippen LogP contribution in [0.15, 0.2) is 24.3 Å². The predicted octanol–water partition coefficient (Wildman–Crippen LogP) is -0.413. The van der Waals surface area contributed by atoms with Crippen LogP contribution in [-0.4, -0.2) is 47.9 Å². The van der Waals surface area contributed by atoms with Gasteiger partial charge in [0.1, 0.15) is 0 Å². The monoisotopic (exact) mass is 235 g/mol. The van der Waals surface area contributed by atoms with Crippen molar-refractivity contribution in [2.45, 2.75) is 19.5 Å². The number of benzene rings is 1. The molecule has 1 saturated heterocycles. The molecule has 1 fully saturated rings. The highest BCUT2D eigenvalue weighted by molar-refractivity contribution is 6.58. The normalized spacial score (nSPS) is 21.5. The highest BCUT2D eigenvalue weighted by Gasteiger charge is 2.18. The van der Waals surface area contributed by atoms with Gasteiger partial charge < -0.3 is 14.8 Å². The Bertz CT molecular complexity index is 355. The second kappa shape index (κ2) is 5.64. The van der Waals surface area contributed by atoms with E-state index in [9.17, 15) is 0 Å². The average molecular weight is 235 g/mol. The summed E-state index contributed by atoms with van der Waals surface area (Å²) in [5.74, 6) is 0. The van der Waals surface area contributed by atoms with Crippen molar-refractivity contribution in [2.24, 2.45) is 0 Å².